The number of nitrogens with one attached hydrogen (secondary N) is 5. The molecular formula is C50H78N13O12P. The molecule has 76 heavy (non-hydrogen) atoms. The largest absolute Gasteiger partial charge is 0.405 e. The predicted octanol–water partition coefficient (Wildman–Crippen LogP) is 5.26. The molecular weight excluding hydrogens is 1010 g/mol. The Kier molecular flexibility index (Phi) is 18.6. The van der Waals surface area contributed by atoms with Gasteiger partial charge in [0.15, 0.2) is 0 Å². The zero-order chi connectivity index (χ0) is 54.5. The Hall–Kier alpha value is -4.64. The van der Waals surface area contributed by atoms with E-state index >= 15 is 0 Å². The summed E-state index contributed by atoms with van der Waals surface area (Å²) in [5, 5.41) is 39.3. The third-order valence-corrected chi connectivity index (χ3v) is 20.1. The Bertz CT molecular complexity index is 2660. The molecule has 2 saturated heterocycles. The maximum atomic E-state index is 14.5. The number of hydrogen-bond acceptors (Lipinski definition) is 15. The number of hydrogen-bond donors (Lipinski definition) is 7. The molecule has 1 amide bonds. The van der Waals surface area contributed by atoms with Crippen LogP contribution in [0, 0.1) is 60.2 Å². The Balaban J connectivity index is 0.797. The highest BCUT2D eigenvalue weighted by Gasteiger charge is 2.63. The van der Waals surface area contributed by atoms with Gasteiger partial charge in [0, 0.05) is 65.7 Å². The van der Waals surface area contributed by atoms with E-state index in [2.05, 4.69) is 66.5 Å². The second-order valence-corrected chi connectivity index (χ2v) is 24.8. The van der Waals surface area contributed by atoms with Gasteiger partial charge in [-0.15, -0.1) is 0 Å². The zero-order valence-electron chi connectivity index (χ0n) is 44.4. The molecule has 4 aliphatic carbocycles. The smallest absolute Gasteiger partial charge is 0.393 e. The van der Waals surface area contributed by atoms with Crippen LogP contribution in [0.2, 0.25) is 0 Å². The van der Waals surface area contributed by atoms with Crippen LogP contribution in [-0.4, -0.2) is 111 Å². The fourth-order valence-corrected chi connectivity index (χ4v) is 15.7. The first kappa shape index (κ1) is 57.5. The molecule has 420 valence electrons. The molecule has 7 N–H and O–H groups in total. The van der Waals surface area contributed by atoms with Crippen molar-refractivity contribution in [3.8, 4) is 0 Å². The fraction of sp³-hybridized carbons (Fsp3) is 0.820. The summed E-state index contributed by atoms with van der Waals surface area (Å²) in [6.07, 6.45) is 8.81. The lowest BCUT2D eigenvalue weighted by molar-refractivity contribution is -0.174. The molecule has 2 aromatic heterocycles. The lowest BCUT2D eigenvalue weighted by atomic mass is 9.43. The van der Waals surface area contributed by atoms with Gasteiger partial charge < -0.3 is 30.3 Å². The number of amides is 1. The quantitative estimate of drug-likeness (QED) is 0.0245. The molecule has 2 aliphatic heterocycles. The van der Waals surface area contributed by atoms with Crippen molar-refractivity contribution in [3.63, 3.8) is 0 Å². The highest BCUT2D eigenvalue weighted by Crippen LogP contribution is 2.68. The SMILES string of the molecule is Cc1cn([C@H]2C[C@H](N=[N+]=[N-])[C@@H](COP(=O)(NCCCNCCCNC(=O)CCC(C)[C@H]3CC[C@H]4[C@@H]5CC[C@@H]6C[C@H](O)CC[C@]6(C)[C@H]5C[C@H](O)[C@]34C)OC[C@H]3O[C@@H](n4cc(C)c(=O)[nH]c4=O)C[C@@H]3N=[N+]=[N-])O2)c(=O)[nH]c1=O. The van der Waals surface area contributed by atoms with Gasteiger partial charge in [-0.05, 0) is 155 Å². The summed E-state index contributed by atoms with van der Waals surface area (Å²) in [6, 6.07) is -1.74. The van der Waals surface area contributed by atoms with E-state index in [1.807, 2.05) is 0 Å². The van der Waals surface area contributed by atoms with Gasteiger partial charge in [0.25, 0.3) is 11.1 Å². The van der Waals surface area contributed by atoms with Crippen LogP contribution in [0.3, 0.4) is 0 Å². The van der Waals surface area contributed by atoms with Crippen LogP contribution in [-0.2, 0) is 27.9 Å². The molecule has 6 aliphatic rings. The summed E-state index contributed by atoms with van der Waals surface area (Å²) in [5.74, 6) is 2.82. The van der Waals surface area contributed by atoms with E-state index in [1.54, 1.807) is 0 Å². The number of rotatable bonds is 23. The third kappa shape index (κ3) is 12.4. The Morgan fingerprint density at radius 2 is 1.41 bits per heavy atom. The second-order valence-electron chi connectivity index (χ2n) is 22.9. The van der Waals surface area contributed by atoms with Crippen molar-refractivity contribution in [1.29, 1.82) is 0 Å². The number of aromatic amines is 2. The maximum Gasteiger partial charge on any atom is 0.405 e. The number of H-pyrrole nitrogens is 2. The monoisotopic (exact) mass is 1080 g/mol. The molecule has 1 unspecified atom stereocenters. The van der Waals surface area contributed by atoms with Crippen molar-refractivity contribution in [1.82, 2.24) is 34.8 Å². The third-order valence-electron chi connectivity index (χ3n) is 18.6. The van der Waals surface area contributed by atoms with Crippen LogP contribution in [0.15, 0.2) is 41.8 Å². The van der Waals surface area contributed by atoms with E-state index in [0.717, 1.165) is 44.9 Å². The molecule has 4 saturated carbocycles. The van der Waals surface area contributed by atoms with E-state index in [9.17, 15) is 49.8 Å². The van der Waals surface area contributed by atoms with Gasteiger partial charge in [-0.2, -0.15) is 0 Å². The summed E-state index contributed by atoms with van der Waals surface area (Å²) in [7, 11) is -4.28. The van der Waals surface area contributed by atoms with Crippen molar-refractivity contribution in [2.24, 2.45) is 56.6 Å². The fourth-order valence-electron chi connectivity index (χ4n) is 14.3. The number of carbonyl (C=O) groups is 1. The van der Waals surface area contributed by atoms with Gasteiger partial charge in [0.05, 0.1) is 49.7 Å². The number of aliphatic hydroxyl groups is 2. The van der Waals surface area contributed by atoms with Crippen molar-refractivity contribution in [2.75, 3.05) is 39.4 Å². The molecule has 0 aromatic carbocycles. The van der Waals surface area contributed by atoms with Crippen molar-refractivity contribution >= 4 is 13.7 Å². The standard InChI is InChI=1S/C50H78N13O12P/c1-28(34-11-12-35-33-10-9-31-20-32(64)14-15-49(31,4)36(33)21-41(65)50(34,35)5)8-13-42(66)54-18-6-16-53-17-7-19-55-76(71,72-26-39-37(58-60-51)22-43(74-39)62-24-29(2)45(67)56-47(62)69)73-27-40-38(59-61-52)23-44(75-40)63-25-30(3)46(68)57-48(63)70/h24-25,28,31-41,43-44,53,64-65H,6-23,26-27H2,1-5H3,(H,54,66)(H,55,71)(H,56,67,69)(H,57,68,70)/t28?,31-,32-,33+,34-,35+,36+,37+,38+,39-,40-,41+,43-,44-,49+,50-/m1/s1. The summed E-state index contributed by atoms with van der Waals surface area (Å²) >= 11 is 0. The first-order valence-electron chi connectivity index (χ1n) is 27.3. The van der Waals surface area contributed by atoms with Crippen molar-refractivity contribution in [2.45, 2.75) is 173 Å². The second kappa shape index (κ2) is 24.6. The number of aromatic nitrogens is 4. The highest BCUT2D eigenvalue weighted by molar-refractivity contribution is 7.51. The lowest BCUT2D eigenvalue weighted by Crippen LogP contribution is -2.58. The van der Waals surface area contributed by atoms with Crippen LogP contribution in [0.25, 0.3) is 20.9 Å². The number of aliphatic hydroxyl groups excluding tert-OH is 2. The highest BCUT2D eigenvalue weighted by atomic mass is 31.2. The molecule has 6 fully saturated rings. The van der Waals surface area contributed by atoms with Gasteiger partial charge in [-0.3, -0.25) is 42.5 Å². The number of nitrogens with zero attached hydrogens (tertiary/aromatic N) is 8. The molecule has 26 heteroatoms. The van der Waals surface area contributed by atoms with Crippen LogP contribution >= 0.6 is 7.75 Å². The van der Waals surface area contributed by atoms with E-state index in [1.165, 1.54) is 48.2 Å². The average Bonchev–Trinajstić information content (AvgIpc) is 4.16. The number of fused-ring (bicyclic) bond motifs is 5. The van der Waals surface area contributed by atoms with Crippen LogP contribution < -0.4 is 38.2 Å². The lowest BCUT2D eigenvalue weighted by Gasteiger charge is -2.62. The Morgan fingerprint density at radius 1 is 0.829 bits per heavy atom. The number of carbonyl (C=O) groups excluding carboxylic acids is 1. The van der Waals surface area contributed by atoms with Gasteiger partial charge >= 0.3 is 19.1 Å². The first-order chi connectivity index (χ1) is 36.3. The van der Waals surface area contributed by atoms with Crippen LogP contribution in [0.5, 0.6) is 0 Å². The summed E-state index contributed by atoms with van der Waals surface area (Å²) in [5.41, 5.74) is 16.6. The van der Waals surface area contributed by atoms with Gasteiger partial charge in [-0.25, -0.2) is 19.2 Å². The molecule has 4 heterocycles. The summed E-state index contributed by atoms with van der Waals surface area (Å²) in [6.45, 7) is 10.9. The Morgan fingerprint density at radius 3 is 1.99 bits per heavy atom. The zero-order valence-corrected chi connectivity index (χ0v) is 45.3. The van der Waals surface area contributed by atoms with Crippen LogP contribution in [0.4, 0.5) is 0 Å². The van der Waals surface area contributed by atoms with Gasteiger partial charge in [0.2, 0.25) is 5.91 Å². The molecule has 8 rings (SSSR count). The topological polar surface area (TPSA) is 355 Å². The van der Waals surface area contributed by atoms with E-state index in [-0.39, 0.29) is 59.5 Å². The van der Waals surface area contributed by atoms with E-state index in [4.69, 9.17) is 18.5 Å². The molecule has 2 aromatic rings. The van der Waals surface area contributed by atoms with Gasteiger partial charge in [0.1, 0.15) is 12.5 Å². The summed E-state index contributed by atoms with van der Waals surface area (Å²) < 4.78 is 40.8. The Labute approximate surface area is 440 Å². The minimum absolute atomic E-state index is 0.0101. The number of ether oxygens (including phenoxy) is 2. The van der Waals surface area contributed by atoms with E-state index < -0.39 is 80.2 Å². The molecule has 25 nitrogen and oxygen atoms in total. The molecule has 0 radical (unpaired) electrons. The average molecular weight is 1080 g/mol. The summed E-state index contributed by atoms with van der Waals surface area (Å²) in [4.78, 5) is 72.8. The van der Waals surface area contributed by atoms with E-state index in [0.29, 0.717) is 74.4 Å². The van der Waals surface area contributed by atoms with Crippen molar-refractivity contribution in [3.05, 3.63) is 86.1 Å². The molecule has 16 atom stereocenters. The molecule has 0 bridgehead atoms. The normalized spacial score (nSPS) is 35.0. The number of aryl methyl sites for hydroxylation is 2. The molecule has 0 spiro atoms. The number of azide groups is 2. The predicted molar refractivity (Wildman–Crippen MR) is 279 cm³/mol. The van der Waals surface area contributed by atoms with Crippen molar-refractivity contribution < 1.29 is 38.1 Å². The van der Waals surface area contributed by atoms with Gasteiger partial charge in [-0.1, -0.05) is 31.0 Å². The minimum atomic E-state index is -4.28. The van der Waals surface area contributed by atoms with Crippen LogP contribution in [0.1, 0.15) is 134 Å². The maximum absolute atomic E-state index is 14.5. The first-order valence-corrected chi connectivity index (χ1v) is 28.8. The minimum Gasteiger partial charge on any atom is -0.393 e.